The Morgan fingerprint density at radius 2 is 2.00 bits per heavy atom. The fourth-order valence-corrected chi connectivity index (χ4v) is 3.78. The van der Waals surface area contributed by atoms with Gasteiger partial charge >= 0.3 is 0 Å². The van der Waals surface area contributed by atoms with Crippen molar-refractivity contribution in [2.45, 2.75) is 65.1 Å². The van der Waals surface area contributed by atoms with Crippen LogP contribution in [0.15, 0.2) is 36.5 Å². The topological polar surface area (TPSA) is 52.2 Å². The van der Waals surface area contributed by atoms with Gasteiger partial charge in [0.05, 0.1) is 0 Å². The van der Waals surface area contributed by atoms with E-state index >= 15 is 0 Å². The summed E-state index contributed by atoms with van der Waals surface area (Å²) in [5.41, 5.74) is 2.35. The van der Waals surface area contributed by atoms with Gasteiger partial charge < -0.3 is 9.88 Å². The Morgan fingerprint density at radius 3 is 2.74 bits per heavy atom. The maximum Gasteiger partial charge on any atom is 0.224 e. The van der Waals surface area contributed by atoms with Crippen molar-refractivity contribution in [3.8, 4) is 0 Å². The van der Waals surface area contributed by atoms with Gasteiger partial charge in [-0.2, -0.15) is 0 Å². The molecule has 5 nitrogen and oxygen atoms in total. The smallest absolute Gasteiger partial charge is 0.224 e. The third kappa shape index (κ3) is 5.42. The maximum absolute atomic E-state index is 12.8. The number of hydrogen-bond donors (Lipinski definition) is 1. The number of amides is 1. The number of carbonyl (C=O) groups is 1. The molecule has 27 heavy (non-hydrogen) atoms. The first-order chi connectivity index (χ1) is 13.2. The number of nitrogens with zero attached hydrogens (tertiary/aromatic N) is 3. The summed E-state index contributed by atoms with van der Waals surface area (Å²) in [5, 5.41) is 0. The van der Waals surface area contributed by atoms with E-state index in [1.165, 1.54) is 12.0 Å². The molecular weight excluding hydrogens is 336 g/mol. The second-order valence-electron chi connectivity index (χ2n) is 7.51. The number of imidazole rings is 1. The van der Waals surface area contributed by atoms with Crippen LogP contribution in [0.5, 0.6) is 0 Å². The van der Waals surface area contributed by atoms with Crippen LogP contribution >= 0.6 is 0 Å². The molecule has 1 aromatic carbocycles. The van der Waals surface area contributed by atoms with Crippen LogP contribution in [-0.2, 0) is 24.3 Å². The average molecular weight is 369 g/mol. The standard InChI is InChI=1S/C22H32N4O/c1-3-5-11-21-23-14-19(24-21)16-25-13-12-22(27)26(20(4-2)17-25)15-18-9-7-6-8-10-18/h6-10,14,20H,3-5,11-13,15-17H2,1-2H3,(H,23,24). The Morgan fingerprint density at radius 1 is 1.19 bits per heavy atom. The van der Waals surface area contributed by atoms with Gasteiger partial charge in [0, 0.05) is 57.0 Å². The molecule has 0 aliphatic carbocycles. The normalized spacial score (nSPS) is 18.7. The zero-order chi connectivity index (χ0) is 19.1. The lowest BCUT2D eigenvalue weighted by molar-refractivity contribution is -0.133. The van der Waals surface area contributed by atoms with Gasteiger partial charge in [-0.05, 0) is 18.4 Å². The van der Waals surface area contributed by atoms with Crippen molar-refractivity contribution in [2.24, 2.45) is 0 Å². The van der Waals surface area contributed by atoms with E-state index in [4.69, 9.17) is 0 Å². The lowest BCUT2D eigenvalue weighted by Crippen LogP contribution is -2.42. The highest BCUT2D eigenvalue weighted by Crippen LogP contribution is 2.19. The predicted molar refractivity (Wildman–Crippen MR) is 108 cm³/mol. The summed E-state index contributed by atoms with van der Waals surface area (Å²) in [6.07, 6.45) is 6.87. The fourth-order valence-electron chi connectivity index (χ4n) is 3.78. The number of H-pyrrole nitrogens is 1. The van der Waals surface area contributed by atoms with E-state index in [9.17, 15) is 4.79 Å². The van der Waals surface area contributed by atoms with Gasteiger partial charge in [-0.1, -0.05) is 50.6 Å². The maximum atomic E-state index is 12.8. The first-order valence-electron chi connectivity index (χ1n) is 10.3. The van der Waals surface area contributed by atoms with Gasteiger partial charge in [-0.15, -0.1) is 0 Å². The van der Waals surface area contributed by atoms with Crippen molar-refractivity contribution in [2.75, 3.05) is 13.1 Å². The second kappa shape index (κ2) is 9.70. The van der Waals surface area contributed by atoms with E-state index in [-0.39, 0.29) is 11.9 Å². The number of hydrogen-bond acceptors (Lipinski definition) is 3. The summed E-state index contributed by atoms with van der Waals surface area (Å²) >= 11 is 0. The summed E-state index contributed by atoms with van der Waals surface area (Å²) in [6.45, 7) is 7.64. The van der Waals surface area contributed by atoms with Gasteiger partial charge in [-0.25, -0.2) is 4.98 Å². The van der Waals surface area contributed by atoms with E-state index < -0.39 is 0 Å². The largest absolute Gasteiger partial charge is 0.345 e. The molecule has 0 bridgehead atoms. The number of rotatable bonds is 8. The Kier molecular flexibility index (Phi) is 7.04. The molecule has 2 aromatic rings. The monoisotopic (exact) mass is 368 g/mol. The highest BCUT2D eigenvalue weighted by molar-refractivity contribution is 5.77. The van der Waals surface area contributed by atoms with Crippen LogP contribution in [0.1, 0.15) is 56.6 Å². The molecule has 1 N–H and O–H groups in total. The number of unbranched alkanes of at least 4 members (excludes halogenated alkanes) is 1. The molecule has 146 valence electrons. The molecule has 1 atom stereocenters. The molecule has 2 heterocycles. The fraction of sp³-hybridized carbons (Fsp3) is 0.545. The summed E-state index contributed by atoms with van der Waals surface area (Å²) in [4.78, 5) is 25.2. The van der Waals surface area contributed by atoms with E-state index in [0.29, 0.717) is 13.0 Å². The highest BCUT2D eigenvalue weighted by Gasteiger charge is 2.28. The zero-order valence-electron chi connectivity index (χ0n) is 16.7. The van der Waals surface area contributed by atoms with Crippen molar-refractivity contribution >= 4 is 5.91 Å². The summed E-state index contributed by atoms with van der Waals surface area (Å²) < 4.78 is 0. The molecule has 1 aromatic heterocycles. The minimum absolute atomic E-state index is 0.252. The van der Waals surface area contributed by atoms with Crippen LogP contribution in [0.3, 0.4) is 0 Å². The molecular formula is C22H32N4O. The third-order valence-corrected chi connectivity index (χ3v) is 5.38. The quantitative estimate of drug-likeness (QED) is 0.772. The molecule has 1 aliphatic rings. The summed E-state index contributed by atoms with van der Waals surface area (Å²) in [6, 6.07) is 10.6. The Bertz CT molecular complexity index is 712. The van der Waals surface area contributed by atoms with Crippen LogP contribution in [-0.4, -0.2) is 44.8 Å². The SMILES string of the molecule is CCCCc1ncc(CN2CCC(=O)N(Cc3ccccc3)C(CC)C2)[nH]1. The molecule has 1 saturated heterocycles. The van der Waals surface area contributed by atoms with Gasteiger partial charge in [0.25, 0.3) is 0 Å². The molecule has 1 aliphatic heterocycles. The number of aromatic amines is 1. The molecule has 0 radical (unpaired) electrons. The lowest BCUT2D eigenvalue weighted by atomic mass is 10.1. The second-order valence-corrected chi connectivity index (χ2v) is 7.51. The van der Waals surface area contributed by atoms with Crippen LogP contribution in [0.25, 0.3) is 0 Å². The summed E-state index contributed by atoms with van der Waals surface area (Å²) in [5.74, 6) is 1.34. The van der Waals surface area contributed by atoms with Gasteiger partial charge in [0.1, 0.15) is 5.82 Å². The van der Waals surface area contributed by atoms with Crippen LogP contribution < -0.4 is 0 Å². The minimum atomic E-state index is 0.252. The van der Waals surface area contributed by atoms with Gasteiger partial charge in [0.15, 0.2) is 0 Å². The lowest BCUT2D eigenvalue weighted by Gasteiger charge is -2.31. The number of carbonyl (C=O) groups excluding carboxylic acids is 1. The van der Waals surface area contributed by atoms with E-state index in [1.807, 2.05) is 24.4 Å². The van der Waals surface area contributed by atoms with Crippen molar-refractivity contribution < 1.29 is 4.79 Å². The Hall–Kier alpha value is -2.14. The first kappa shape index (κ1) is 19.6. The number of nitrogens with one attached hydrogen (secondary N) is 1. The molecule has 0 spiro atoms. The Balaban J connectivity index is 1.64. The molecule has 5 heteroatoms. The van der Waals surface area contributed by atoms with Crippen molar-refractivity contribution in [1.82, 2.24) is 19.8 Å². The van der Waals surface area contributed by atoms with E-state index in [0.717, 1.165) is 50.4 Å². The van der Waals surface area contributed by atoms with Crippen LogP contribution in [0, 0.1) is 0 Å². The van der Waals surface area contributed by atoms with Gasteiger partial charge in [0.2, 0.25) is 5.91 Å². The van der Waals surface area contributed by atoms with E-state index in [2.05, 4.69) is 45.7 Å². The van der Waals surface area contributed by atoms with Crippen molar-refractivity contribution in [3.05, 3.63) is 53.6 Å². The van der Waals surface area contributed by atoms with Gasteiger partial charge in [-0.3, -0.25) is 9.69 Å². The third-order valence-electron chi connectivity index (χ3n) is 5.38. The zero-order valence-corrected chi connectivity index (χ0v) is 16.7. The first-order valence-corrected chi connectivity index (χ1v) is 10.3. The molecule has 1 amide bonds. The Labute approximate surface area is 162 Å². The number of aryl methyl sites for hydroxylation is 1. The van der Waals surface area contributed by atoms with E-state index in [1.54, 1.807) is 0 Å². The molecule has 0 saturated carbocycles. The number of aromatic nitrogens is 2. The highest BCUT2D eigenvalue weighted by atomic mass is 16.2. The predicted octanol–water partition coefficient (Wildman–Crippen LogP) is 3.77. The van der Waals surface area contributed by atoms with Crippen molar-refractivity contribution in [3.63, 3.8) is 0 Å². The van der Waals surface area contributed by atoms with Crippen LogP contribution in [0.2, 0.25) is 0 Å². The summed E-state index contributed by atoms with van der Waals surface area (Å²) in [7, 11) is 0. The molecule has 3 rings (SSSR count). The van der Waals surface area contributed by atoms with Crippen LogP contribution in [0.4, 0.5) is 0 Å². The molecule has 1 unspecified atom stereocenters. The molecule has 1 fully saturated rings. The average Bonchev–Trinajstić information content (AvgIpc) is 3.08. The number of benzene rings is 1. The van der Waals surface area contributed by atoms with Crippen molar-refractivity contribution in [1.29, 1.82) is 0 Å². The minimum Gasteiger partial charge on any atom is -0.345 e.